The summed E-state index contributed by atoms with van der Waals surface area (Å²) >= 11 is 0. The number of aliphatic hydroxyl groups is 1. The third kappa shape index (κ3) is 3.56. The van der Waals surface area contributed by atoms with Crippen molar-refractivity contribution in [3.05, 3.63) is 35.4 Å². The van der Waals surface area contributed by atoms with Crippen LogP contribution in [-0.4, -0.2) is 17.3 Å². The molecule has 0 heterocycles. The van der Waals surface area contributed by atoms with Crippen LogP contribution < -0.4 is 5.32 Å². The van der Waals surface area contributed by atoms with E-state index in [1.54, 1.807) is 0 Å². The highest BCUT2D eigenvalue weighted by Gasteiger charge is 2.21. The van der Waals surface area contributed by atoms with Gasteiger partial charge >= 0.3 is 0 Å². The first kappa shape index (κ1) is 13.6. The first-order valence-electron chi connectivity index (χ1n) is 7.17. The molecule has 0 aromatic heterocycles. The van der Waals surface area contributed by atoms with Crippen LogP contribution in [0.25, 0.3) is 0 Å². The van der Waals surface area contributed by atoms with Crippen LogP contribution in [0.4, 0.5) is 0 Å². The summed E-state index contributed by atoms with van der Waals surface area (Å²) in [4.78, 5) is 0. The highest BCUT2D eigenvalue weighted by atomic mass is 16.3. The van der Waals surface area contributed by atoms with Gasteiger partial charge in [0.1, 0.15) is 0 Å². The largest absolute Gasteiger partial charge is 0.392 e. The maximum absolute atomic E-state index is 9.90. The van der Waals surface area contributed by atoms with E-state index in [1.807, 2.05) is 0 Å². The Labute approximate surface area is 110 Å². The minimum atomic E-state index is -0.159. The summed E-state index contributed by atoms with van der Waals surface area (Å²) in [6.07, 6.45) is 4.30. The lowest BCUT2D eigenvalue weighted by Gasteiger charge is -2.28. The Morgan fingerprint density at radius 2 is 1.83 bits per heavy atom. The van der Waals surface area contributed by atoms with Gasteiger partial charge in [0.2, 0.25) is 0 Å². The second-order valence-corrected chi connectivity index (χ2v) is 5.74. The standard InChI is InChI=1S/C16H25NO/c1-12(2)14-9-7-13(8-10-14)11-17-15-5-3-4-6-16(15)18/h7-10,12,15-18H,3-6,11H2,1-2H3/t15-,16-/m0/s1. The number of nitrogens with one attached hydrogen (secondary N) is 1. The quantitative estimate of drug-likeness (QED) is 0.856. The minimum Gasteiger partial charge on any atom is -0.392 e. The lowest BCUT2D eigenvalue weighted by atomic mass is 9.92. The van der Waals surface area contributed by atoms with Crippen molar-refractivity contribution in [2.24, 2.45) is 0 Å². The van der Waals surface area contributed by atoms with Gasteiger partial charge < -0.3 is 10.4 Å². The van der Waals surface area contributed by atoms with Gasteiger partial charge in [0.25, 0.3) is 0 Å². The zero-order valence-corrected chi connectivity index (χ0v) is 11.5. The van der Waals surface area contributed by atoms with Crippen molar-refractivity contribution in [3.8, 4) is 0 Å². The van der Waals surface area contributed by atoms with Gasteiger partial charge in [-0.2, -0.15) is 0 Å². The zero-order valence-electron chi connectivity index (χ0n) is 11.5. The molecule has 1 aromatic rings. The maximum atomic E-state index is 9.90. The van der Waals surface area contributed by atoms with Crippen LogP contribution in [0.3, 0.4) is 0 Å². The fraction of sp³-hybridized carbons (Fsp3) is 0.625. The molecule has 2 heteroatoms. The van der Waals surface area contributed by atoms with E-state index in [4.69, 9.17) is 0 Å². The molecule has 0 radical (unpaired) electrons. The monoisotopic (exact) mass is 247 g/mol. The molecule has 1 aliphatic carbocycles. The summed E-state index contributed by atoms with van der Waals surface area (Å²) in [6, 6.07) is 9.08. The van der Waals surface area contributed by atoms with Crippen molar-refractivity contribution in [3.63, 3.8) is 0 Å². The normalized spacial score (nSPS) is 24.4. The number of aliphatic hydroxyl groups excluding tert-OH is 1. The van der Waals surface area contributed by atoms with E-state index in [1.165, 1.54) is 24.0 Å². The molecule has 1 aliphatic rings. The van der Waals surface area contributed by atoms with E-state index >= 15 is 0 Å². The fourth-order valence-electron chi connectivity index (χ4n) is 2.62. The van der Waals surface area contributed by atoms with Crippen molar-refractivity contribution in [2.75, 3.05) is 0 Å². The molecule has 0 spiro atoms. The van der Waals surface area contributed by atoms with Crippen LogP contribution in [0.15, 0.2) is 24.3 Å². The van der Waals surface area contributed by atoms with E-state index in [0.29, 0.717) is 5.92 Å². The summed E-state index contributed by atoms with van der Waals surface area (Å²) in [5.74, 6) is 0.590. The summed E-state index contributed by atoms with van der Waals surface area (Å²) in [5, 5.41) is 13.4. The van der Waals surface area contributed by atoms with Gasteiger partial charge in [-0.05, 0) is 29.9 Å². The molecule has 0 aliphatic heterocycles. The Hall–Kier alpha value is -0.860. The van der Waals surface area contributed by atoms with Crippen molar-refractivity contribution < 1.29 is 5.11 Å². The Bertz CT molecular complexity index is 358. The van der Waals surface area contributed by atoms with Crippen molar-refractivity contribution in [1.82, 2.24) is 5.32 Å². The van der Waals surface area contributed by atoms with Crippen molar-refractivity contribution in [1.29, 1.82) is 0 Å². The lowest BCUT2D eigenvalue weighted by Crippen LogP contribution is -2.41. The highest BCUT2D eigenvalue weighted by molar-refractivity contribution is 5.24. The van der Waals surface area contributed by atoms with Gasteiger partial charge in [-0.15, -0.1) is 0 Å². The van der Waals surface area contributed by atoms with Crippen molar-refractivity contribution in [2.45, 2.75) is 64.1 Å². The predicted octanol–water partition coefficient (Wildman–Crippen LogP) is 3.20. The Morgan fingerprint density at radius 1 is 1.17 bits per heavy atom. The summed E-state index contributed by atoms with van der Waals surface area (Å²) in [5.41, 5.74) is 2.69. The molecule has 0 bridgehead atoms. The summed E-state index contributed by atoms with van der Waals surface area (Å²) in [6.45, 7) is 5.29. The van der Waals surface area contributed by atoms with Crippen LogP contribution in [0, 0.1) is 0 Å². The van der Waals surface area contributed by atoms with Gasteiger partial charge in [-0.1, -0.05) is 51.0 Å². The molecular weight excluding hydrogens is 222 g/mol. The highest BCUT2D eigenvalue weighted by Crippen LogP contribution is 2.19. The number of hydrogen-bond donors (Lipinski definition) is 2. The molecule has 2 N–H and O–H groups in total. The number of rotatable bonds is 4. The third-order valence-corrected chi connectivity index (χ3v) is 3.94. The average molecular weight is 247 g/mol. The number of hydrogen-bond acceptors (Lipinski definition) is 2. The van der Waals surface area contributed by atoms with Gasteiger partial charge in [-0.3, -0.25) is 0 Å². The molecule has 1 fully saturated rings. The van der Waals surface area contributed by atoms with Gasteiger partial charge in [0.05, 0.1) is 6.10 Å². The van der Waals surface area contributed by atoms with Crippen molar-refractivity contribution >= 4 is 0 Å². The topological polar surface area (TPSA) is 32.3 Å². The van der Waals surface area contributed by atoms with Crippen LogP contribution in [-0.2, 0) is 6.54 Å². The summed E-state index contributed by atoms with van der Waals surface area (Å²) in [7, 11) is 0. The third-order valence-electron chi connectivity index (χ3n) is 3.94. The second-order valence-electron chi connectivity index (χ2n) is 5.74. The van der Waals surface area contributed by atoms with E-state index in [0.717, 1.165) is 19.4 Å². The first-order chi connectivity index (χ1) is 8.66. The van der Waals surface area contributed by atoms with E-state index in [-0.39, 0.29) is 12.1 Å². The molecule has 0 saturated heterocycles. The molecule has 2 rings (SSSR count). The van der Waals surface area contributed by atoms with Crippen LogP contribution in [0.2, 0.25) is 0 Å². The molecule has 1 aromatic carbocycles. The molecule has 0 amide bonds. The maximum Gasteiger partial charge on any atom is 0.0693 e. The average Bonchev–Trinajstić information content (AvgIpc) is 2.38. The molecule has 0 unspecified atom stereocenters. The van der Waals surface area contributed by atoms with Crippen LogP contribution in [0.1, 0.15) is 56.6 Å². The lowest BCUT2D eigenvalue weighted by molar-refractivity contribution is 0.0902. The minimum absolute atomic E-state index is 0.159. The molecule has 18 heavy (non-hydrogen) atoms. The predicted molar refractivity (Wildman–Crippen MR) is 75.6 cm³/mol. The first-order valence-corrected chi connectivity index (χ1v) is 7.17. The fourth-order valence-corrected chi connectivity index (χ4v) is 2.62. The van der Waals surface area contributed by atoms with E-state index in [2.05, 4.69) is 43.4 Å². The summed E-state index contributed by atoms with van der Waals surface area (Å²) < 4.78 is 0. The SMILES string of the molecule is CC(C)c1ccc(CN[C@H]2CCCC[C@@H]2O)cc1. The second kappa shape index (κ2) is 6.35. The number of benzene rings is 1. The van der Waals surface area contributed by atoms with Gasteiger partial charge in [-0.25, -0.2) is 0 Å². The van der Waals surface area contributed by atoms with Crippen LogP contribution >= 0.6 is 0 Å². The Balaban J connectivity index is 1.85. The molecular formula is C16H25NO. The molecule has 100 valence electrons. The van der Waals surface area contributed by atoms with Gasteiger partial charge in [0.15, 0.2) is 0 Å². The van der Waals surface area contributed by atoms with E-state index < -0.39 is 0 Å². The smallest absolute Gasteiger partial charge is 0.0693 e. The van der Waals surface area contributed by atoms with Gasteiger partial charge in [0, 0.05) is 12.6 Å². The molecule has 1 saturated carbocycles. The Morgan fingerprint density at radius 3 is 2.44 bits per heavy atom. The zero-order chi connectivity index (χ0) is 13.0. The molecule has 2 nitrogen and oxygen atoms in total. The van der Waals surface area contributed by atoms with Crippen LogP contribution in [0.5, 0.6) is 0 Å². The van der Waals surface area contributed by atoms with E-state index in [9.17, 15) is 5.11 Å². The molecule has 2 atom stereocenters. The Kier molecular flexibility index (Phi) is 4.79.